The van der Waals surface area contributed by atoms with Gasteiger partial charge in [0, 0.05) is 18.4 Å². The molecule has 28 heavy (non-hydrogen) atoms. The highest BCUT2D eigenvalue weighted by atomic mass is 16.3. The highest BCUT2D eigenvalue weighted by molar-refractivity contribution is 5.90. The number of nitrogens with zero attached hydrogens (tertiary/aromatic N) is 6. The molecule has 0 aliphatic rings. The predicted molar refractivity (Wildman–Crippen MR) is 102 cm³/mol. The second-order valence-electron chi connectivity index (χ2n) is 6.50. The minimum absolute atomic E-state index is 0.176. The average molecular weight is 381 g/mol. The molecule has 0 aromatic carbocycles. The van der Waals surface area contributed by atoms with Crippen LogP contribution in [0.4, 0.5) is 5.82 Å². The number of aliphatic hydroxyl groups excluding tert-OH is 1. The van der Waals surface area contributed by atoms with Crippen molar-refractivity contribution in [3.8, 4) is 0 Å². The van der Waals surface area contributed by atoms with Crippen molar-refractivity contribution < 1.29 is 9.90 Å². The van der Waals surface area contributed by atoms with Crippen LogP contribution in [0.5, 0.6) is 0 Å². The third-order valence-corrected chi connectivity index (χ3v) is 4.11. The molecule has 0 fully saturated rings. The fourth-order valence-corrected chi connectivity index (χ4v) is 2.61. The number of pyridine rings is 1. The second-order valence-corrected chi connectivity index (χ2v) is 6.50. The maximum Gasteiger partial charge on any atom is 0.231 e. The van der Waals surface area contributed by atoms with E-state index in [0.29, 0.717) is 17.2 Å². The van der Waals surface area contributed by atoms with E-state index in [1.807, 2.05) is 18.2 Å². The molecule has 3 rings (SSSR count). The smallest absolute Gasteiger partial charge is 0.231 e. The fraction of sp³-hybridized carbons (Fsp3) is 0.368. The first kappa shape index (κ1) is 19.6. The minimum Gasteiger partial charge on any atom is -0.387 e. The molecular formula is C19H23N7O2. The van der Waals surface area contributed by atoms with Crippen molar-refractivity contribution >= 4 is 11.7 Å². The Morgan fingerprint density at radius 3 is 2.71 bits per heavy atom. The van der Waals surface area contributed by atoms with Crippen molar-refractivity contribution in [2.24, 2.45) is 0 Å². The highest BCUT2D eigenvalue weighted by Crippen LogP contribution is 2.09. The summed E-state index contributed by atoms with van der Waals surface area (Å²) in [7, 11) is 0. The fourth-order valence-electron chi connectivity index (χ4n) is 2.61. The number of carbonyl (C=O) groups excluding carboxylic acids is 1. The van der Waals surface area contributed by atoms with E-state index in [-0.39, 0.29) is 12.3 Å². The van der Waals surface area contributed by atoms with Crippen LogP contribution in [0.2, 0.25) is 0 Å². The first-order valence-corrected chi connectivity index (χ1v) is 9.20. The van der Waals surface area contributed by atoms with Gasteiger partial charge in [-0.1, -0.05) is 11.3 Å². The van der Waals surface area contributed by atoms with E-state index in [0.717, 1.165) is 31.5 Å². The van der Waals surface area contributed by atoms with Crippen LogP contribution in [0.15, 0.2) is 42.7 Å². The Balaban J connectivity index is 1.39. The van der Waals surface area contributed by atoms with Gasteiger partial charge in [-0.05, 0) is 50.5 Å². The van der Waals surface area contributed by atoms with Gasteiger partial charge in [0.05, 0.1) is 24.4 Å². The van der Waals surface area contributed by atoms with E-state index in [1.54, 1.807) is 36.1 Å². The lowest BCUT2D eigenvalue weighted by Crippen LogP contribution is -2.16. The van der Waals surface area contributed by atoms with Crippen molar-refractivity contribution in [1.29, 1.82) is 0 Å². The van der Waals surface area contributed by atoms with Gasteiger partial charge in [0.1, 0.15) is 5.69 Å². The Morgan fingerprint density at radius 1 is 1.14 bits per heavy atom. The molecule has 0 aliphatic heterocycles. The van der Waals surface area contributed by atoms with Crippen LogP contribution in [0, 0.1) is 0 Å². The molecule has 2 N–H and O–H groups in total. The molecule has 0 saturated heterocycles. The summed E-state index contributed by atoms with van der Waals surface area (Å²) in [6.07, 6.45) is 5.62. The molecule has 0 bridgehead atoms. The second kappa shape index (κ2) is 9.65. The molecule has 1 amide bonds. The lowest BCUT2D eigenvalue weighted by molar-refractivity contribution is -0.115. The summed E-state index contributed by atoms with van der Waals surface area (Å²) in [6, 6.07) is 9.08. The van der Waals surface area contributed by atoms with Gasteiger partial charge >= 0.3 is 0 Å². The summed E-state index contributed by atoms with van der Waals surface area (Å²) in [5.41, 5.74) is 2.15. The van der Waals surface area contributed by atoms with Crippen LogP contribution >= 0.6 is 0 Å². The van der Waals surface area contributed by atoms with E-state index in [1.165, 1.54) is 0 Å². The van der Waals surface area contributed by atoms with Crippen molar-refractivity contribution in [2.45, 2.75) is 45.3 Å². The molecule has 9 heteroatoms. The summed E-state index contributed by atoms with van der Waals surface area (Å²) >= 11 is 0. The van der Waals surface area contributed by atoms with Crippen LogP contribution in [-0.2, 0) is 24.2 Å². The molecule has 9 nitrogen and oxygen atoms in total. The van der Waals surface area contributed by atoms with Gasteiger partial charge in [0.25, 0.3) is 0 Å². The molecule has 3 aromatic rings. The van der Waals surface area contributed by atoms with Crippen LogP contribution in [-0.4, -0.2) is 41.2 Å². The zero-order valence-corrected chi connectivity index (χ0v) is 15.7. The number of hydrogen-bond donors (Lipinski definition) is 2. The number of hydrogen-bond acceptors (Lipinski definition) is 7. The number of carbonyl (C=O) groups is 1. The third kappa shape index (κ3) is 5.92. The number of amides is 1. The van der Waals surface area contributed by atoms with Gasteiger partial charge in [-0.3, -0.25) is 14.5 Å². The number of anilines is 1. The SMILES string of the molecule is CC(O)c1cn(CCCCc2ccc(NC(=O)Cc3ccccn3)nn2)nn1. The van der Waals surface area contributed by atoms with E-state index >= 15 is 0 Å². The molecule has 0 radical (unpaired) electrons. The van der Waals surface area contributed by atoms with Crippen LogP contribution in [0.1, 0.15) is 43.0 Å². The standard InChI is InChI=1S/C19H23N7O2/c1-14(27)17-13-26(25-23-17)11-5-3-6-15-8-9-18(24-22-15)21-19(28)12-16-7-2-4-10-20-16/h2,4,7-10,13-14,27H,3,5-6,11-12H2,1H3,(H,21,24,28). The van der Waals surface area contributed by atoms with Crippen LogP contribution in [0.25, 0.3) is 0 Å². The normalized spacial score (nSPS) is 11.9. The summed E-state index contributed by atoms with van der Waals surface area (Å²) < 4.78 is 1.73. The number of aryl methyl sites for hydroxylation is 2. The lowest BCUT2D eigenvalue weighted by Gasteiger charge is -2.05. The minimum atomic E-state index is -0.605. The predicted octanol–water partition coefficient (Wildman–Crippen LogP) is 1.72. The van der Waals surface area contributed by atoms with Gasteiger partial charge in [-0.2, -0.15) is 5.10 Å². The van der Waals surface area contributed by atoms with Crippen LogP contribution < -0.4 is 5.32 Å². The molecule has 0 aliphatic carbocycles. The number of aliphatic hydroxyl groups is 1. The van der Waals surface area contributed by atoms with E-state index < -0.39 is 6.10 Å². The molecule has 146 valence electrons. The van der Waals surface area contributed by atoms with Crippen molar-refractivity contribution in [2.75, 3.05) is 5.32 Å². The highest BCUT2D eigenvalue weighted by Gasteiger charge is 2.07. The van der Waals surface area contributed by atoms with Gasteiger partial charge in [-0.15, -0.1) is 10.2 Å². The molecule has 1 unspecified atom stereocenters. The molecule has 0 saturated carbocycles. The topological polar surface area (TPSA) is 119 Å². The number of unbranched alkanes of at least 4 members (excludes halogenated alkanes) is 1. The van der Waals surface area contributed by atoms with Gasteiger partial charge in [-0.25, -0.2) is 0 Å². The molecular weight excluding hydrogens is 358 g/mol. The Bertz CT molecular complexity index is 879. The van der Waals surface area contributed by atoms with Crippen molar-refractivity contribution in [3.05, 3.63) is 59.8 Å². The molecule has 1 atom stereocenters. The average Bonchev–Trinajstić information content (AvgIpc) is 3.16. The van der Waals surface area contributed by atoms with Crippen LogP contribution in [0.3, 0.4) is 0 Å². The Labute approximate surface area is 162 Å². The number of nitrogens with one attached hydrogen (secondary N) is 1. The Hall–Kier alpha value is -3.20. The molecule has 0 spiro atoms. The number of rotatable bonds is 9. The number of aromatic nitrogens is 6. The maximum atomic E-state index is 12.0. The quantitative estimate of drug-likeness (QED) is 0.542. The zero-order chi connectivity index (χ0) is 19.8. The Morgan fingerprint density at radius 2 is 2.04 bits per heavy atom. The van der Waals surface area contributed by atoms with E-state index in [9.17, 15) is 9.90 Å². The first-order chi connectivity index (χ1) is 13.6. The largest absolute Gasteiger partial charge is 0.387 e. The third-order valence-electron chi connectivity index (χ3n) is 4.11. The van der Waals surface area contributed by atoms with E-state index in [2.05, 4.69) is 30.8 Å². The summed E-state index contributed by atoms with van der Waals surface area (Å²) in [5.74, 6) is 0.253. The van der Waals surface area contributed by atoms with Gasteiger partial charge < -0.3 is 10.4 Å². The first-order valence-electron chi connectivity index (χ1n) is 9.20. The van der Waals surface area contributed by atoms with Crippen molar-refractivity contribution in [3.63, 3.8) is 0 Å². The van der Waals surface area contributed by atoms with Crippen molar-refractivity contribution in [1.82, 2.24) is 30.2 Å². The maximum absolute atomic E-state index is 12.0. The molecule has 3 aromatic heterocycles. The molecule has 3 heterocycles. The summed E-state index contributed by atoms with van der Waals surface area (Å²) in [4.78, 5) is 16.1. The summed E-state index contributed by atoms with van der Waals surface area (Å²) in [6.45, 7) is 2.40. The summed E-state index contributed by atoms with van der Waals surface area (Å²) in [5, 5.41) is 28.3. The monoisotopic (exact) mass is 381 g/mol. The van der Waals surface area contributed by atoms with E-state index in [4.69, 9.17) is 0 Å². The zero-order valence-electron chi connectivity index (χ0n) is 15.7. The Kier molecular flexibility index (Phi) is 6.74. The van der Waals surface area contributed by atoms with Gasteiger partial charge in [0.15, 0.2) is 5.82 Å². The van der Waals surface area contributed by atoms with Gasteiger partial charge in [0.2, 0.25) is 5.91 Å². The lowest BCUT2D eigenvalue weighted by atomic mass is 10.2.